The second kappa shape index (κ2) is 11.6. The maximum atomic E-state index is 13.3. The molecule has 0 unspecified atom stereocenters. The number of aromatic nitrogens is 2. The molecule has 0 fully saturated rings. The summed E-state index contributed by atoms with van der Waals surface area (Å²) in [4.78, 5) is 18.0. The lowest BCUT2D eigenvalue weighted by Gasteiger charge is -2.13. The summed E-state index contributed by atoms with van der Waals surface area (Å²) < 4.78 is 14.5. The number of fused-ring (bicyclic) bond motifs is 1. The summed E-state index contributed by atoms with van der Waals surface area (Å²) in [7, 11) is 1.60. The van der Waals surface area contributed by atoms with Gasteiger partial charge in [-0.2, -0.15) is 9.78 Å². The quantitative estimate of drug-likeness (QED) is 0.200. The molecule has 0 aliphatic rings. The van der Waals surface area contributed by atoms with Gasteiger partial charge in [-0.05, 0) is 58.2 Å². The summed E-state index contributed by atoms with van der Waals surface area (Å²) in [5.74, 6) is 1.82. The minimum Gasteiger partial charge on any atom is -0.493 e. The van der Waals surface area contributed by atoms with E-state index in [2.05, 4.69) is 43.9 Å². The van der Waals surface area contributed by atoms with Crippen LogP contribution in [-0.4, -0.2) is 23.0 Å². The molecule has 0 bridgehead atoms. The van der Waals surface area contributed by atoms with E-state index in [1.54, 1.807) is 19.4 Å². The first-order valence-corrected chi connectivity index (χ1v) is 12.9. The van der Waals surface area contributed by atoms with Crippen molar-refractivity contribution >= 4 is 49.0 Å². The van der Waals surface area contributed by atoms with Crippen LogP contribution in [0.1, 0.15) is 36.7 Å². The number of halogens is 2. The topological polar surface area (TPSA) is 65.7 Å². The van der Waals surface area contributed by atoms with Crippen molar-refractivity contribution in [3.63, 3.8) is 0 Å². The number of benzene rings is 3. The zero-order valence-corrected chi connectivity index (χ0v) is 22.7. The highest BCUT2D eigenvalue weighted by Crippen LogP contribution is 2.33. The Bertz CT molecular complexity index is 1420. The SMILES string of the molecule is CCCCc1nc2ccc(Br)cc2c(=O)n1N=Cc1cc(OC)c(OCc2ccccc2)cc1Br. The van der Waals surface area contributed by atoms with Gasteiger partial charge < -0.3 is 9.47 Å². The fraction of sp³-hybridized carbons (Fsp3) is 0.222. The van der Waals surface area contributed by atoms with E-state index in [0.717, 1.165) is 32.9 Å². The molecule has 0 atom stereocenters. The molecule has 1 heterocycles. The summed E-state index contributed by atoms with van der Waals surface area (Å²) in [5, 5.41) is 5.06. The van der Waals surface area contributed by atoms with Crippen LogP contribution in [0.2, 0.25) is 0 Å². The summed E-state index contributed by atoms with van der Waals surface area (Å²) in [6.07, 6.45) is 4.20. The van der Waals surface area contributed by atoms with Gasteiger partial charge in [0.1, 0.15) is 12.4 Å². The largest absolute Gasteiger partial charge is 0.493 e. The Balaban J connectivity index is 1.68. The van der Waals surface area contributed by atoms with Gasteiger partial charge >= 0.3 is 0 Å². The highest BCUT2D eigenvalue weighted by molar-refractivity contribution is 9.10. The molecule has 0 amide bonds. The molecule has 0 radical (unpaired) electrons. The molecule has 35 heavy (non-hydrogen) atoms. The van der Waals surface area contributed by atoms with Crippen molar-refractivity contribution in [3.05, 3.63) is 96.9 Å². The monoisotopic (exact) mass is 597 g/mol. The van der Waals surface area contributed by atoms with Crippen molar-refractivity contribution in [3.8, 4) is 11.5 Å². The normalized spacial score (nSPS) is 11.3. The maximum absolute atomic E-state index is 13.3. The number of hydrogen-bond acceptors (Lipinski definition) is 5. The summed E-state index contributed by atoms with van der Waals surface area (Å²) in [6.45, 7) is 2.53. The third kappa shape index (κ3) is 6.00. The van der Waals surface area contributed by atoms with Crippen molar-refractivity contribution in [2.45, 2.75) is 32.8 Å². The minimum atomic E-state index is -0.204. The molecular formula is C27H25Br2N3O3. The molecule has 4 rings (SSSR count). The molecule has 0 aliphatic heterocycles. The Morgan fingerprint density at radius 3 is 2.60 bits per heavy atom. The van der Waals surface area contributed by atoms with E-state index < -0.39 is 0 Å². The van der Waals surface area contributed by atoms with E-state index >= 15 is 0 Å². The average Bonchev–Trinajstić information content (AvgIpc) is 2.87. The fourth-order valence-corrected chi connectivity index (χ4v) is 4.37. The molecule has 0 aliphatic carbocycles. The smallest absolute Gasteiger partial charge is 0.282 e. The Kier molecular flexibility index (Phi) is 8.36. The second-order valence-corrected chi connectivity index (χ2v) is 9.72. The first kappa shape index (κ1) is 25.1. The molecule has 4 aromatic rings. The fourth-order valence-electron chi connectivity index (χ4n) is 3.59. The number of aryl methyl sites for hydroxylation is 1. The lowest BCUT2D eigenvalue weighted by atomic mass is 10.2. The van der Waals surface area contributed by atoms with E-state index in [4.69, 9.17) is 14.5 Å². The second-order valence-electron chi connectivity index (χ2n) is 7.95. The zero-order chi connectivity index (χ0) is 24.8. The molecule has 6 nitrogen and oxygen atoms in total. The van der Waals surface area contributed by atoms with Gasteiger partial charge in [-0.25, -0.2) is 4.98 Å². The van der Waals surface area contributed by atoms with Crippen LogP contribution < -0.4 is 15.0 Å². The van der Waals surface area contributed by atoms with Crippen molar-refractivity contribution in [1.82, 2.24) is 9.66 Å². The standard InChI is InChI=1S/C27H25Br2N3O3/c1-3-4-10-26-31-23-12-11-20(28)14-21(23)27(33)32(26)30-16-19-13-24(34-2)25(15-22(19)29)35-17-18-8-6-5-7-9-18/h5-9,11-16H,3-4,10,17H2,1-2H3. The summed E-state index contributed by atoms with van der Waals surface area (Å²) >= 11 is 7.04. The van der Waals surface area contributed by atoms with Crippen LogP contribution in [0.4, 0.5) is 0 Å². The predicted octanol–water partition coefficient (Wildman–Crippen LogP) is 6.73. The van der Waals surface area contributed by atoms with E-state index in [0.29, 0.717) is 41.3 Å². The Morgan fingerprint density at radius 1 is 1.06 bits per heavy atom. The molecule has 3 aromatic carbocycles. The molecule has 0 N–H and O–H groups in total. The van der Waals surface area contributed by atoms with Gasteiger partial charge in [-0.1, -0.05) is 59.6 Å². The maximum Gasteiger partial charge on any atom is 0.282 e. The van der Waals surface area contributed by atoms with Crippen LogP contribution in [0.5, 0.6) is 11.5 Å². The number of rotatable bonds is 9. The molecule has 0 spiro atoms. The lowest BCUT2D eigenvalue weighted by Crippen LogP contribution is -2.22. The highest BCUT2D eigenvalue weighted by Gasteiger charge is 2.13. The van der Waals surface area contributed by atoms with Crippen LogP contribution in [0, 0.1) is 0 Å². The van der Waals surface area contributed by atoms with Gasteiger partial charge in [0.15, 0.2) is 11.5 Å². The molecule has 1 aromatic heterocycles. The minimum absolute atomic E-state index is 0.204. The number of methoxy groups -OCH3 is 1. The van der Waals surface area contributed by atoms with Crippen LogP contribution in [0.25, 0.3) is 10.9 Å². The average molecular weight is 599 g/mol. The van der Waals surface area contributed by atoms with Gasteiger partial charge in [0.2, 0.25) is 0 Å². The van der Waals surface area contributed by atoms with Crippen LogP contribution >= 0.6 is 31.9 Å². The van der Waals surface area contributed by atoms with Crippen molar-refractivity contribution in [1.29, 1.82) is 0 Å². The van der Waals surface area contributed by atoms with Gasteiger partial charge in [0.25, 0.3) is 5.56 Å². The van der Waals surface area contributed by atoms with Crippen molar-refractivity contribution < 1.29 is 9.47 Å². The van der Waals surface area contributed by atoms with E-state index in [1.807, 2.05) is 54.6 Å². The highest BCUT2D eigenvalue weighted by atomic mass is 79.9. The molecular weight excluding hydrogens is 574 g/mol. The van der Waals surface area contributed by atoms with Crippen LogP contribution in [0.15, 0.2) is 79.5 Å². The molecule has 0 saturated heterocycles. The van der Waals surface area contributed by atoms with Gasteiger partial charge in [0, 0.05) is 20.9 Å². The molecule has 8 heteroatoms. The van der Waals surface area contributed by atoms with Gasteiger partial charge in [-0.3, -0.25) is 4.79 Å². The number of ether oxygens (including phenoxy) is 2. The first-order chi connectivity index (χ1) is 17.0. The number of hydrogen-bond donors (Lipinski definition) is 0. The van der Waals surface area contributed by atoms with E-state index in [-0.39, 0.29) is 5.56 Å². The summed E-state index contributed by atoms with van der Waals surface area (Å²) in [6, 6.07) is 19.1. The lowest BCUT2D eigenvalue weighted by molar-refractivity contribution is 0.284. The zero-order valence-electron chi connectivity index (χ0n) is 19.5. The predicted molar refractivity (Wildman–Crippen MR) is 147 cm³/mol. The Labute approximate surface area is 220 Å². The number of unbranched alkanes of at least 4 members (excludes halogenated alkanes) is 1. The Morgan fingerprint density at radius 2 is 1.86 bits per heavy atom. The third-order valence-corrected chi connectivity index (χ3v) is 6.64. The summed E-state index contributed by atoms with van der Waals surface area (Å²) in [5.41, 5.74) is 2.27. The van der Waals surface area contributed by atoms with Crippen molar-refractivity contribution in [2.24, 2.45) is 5.10 Å². The van der Waals surface area contributed by atoms with E-state index in [1.165, 1.54) is 4.68 Å². The first-order valence-electron chi connectivity index (χ1n) is 11.3. The van der Waals surface area contributed by atoms with E-state index in [9.17, 15) is 4.79 Å². The van der Waals surface area contributed by atoms with Crippen LogP contribution in [0.3, 0.4) is 0 Å². The Hall–Kier alpha value is -2.97. The number of nitrogens with zero attached hydrogens (tertiary/aromatic N) is 3. The van der Waals surface area contributed by atoms with Gasteiger partial charge in [0.05, 0.1) is 24.2 Å². The van der Waals surface area contributed by atoms with Crippen LogP contribution in [-0.2, 0) is 13.0 Å². The van der Waals surface area contributed by atoms with Gasteiger partial charge in [-0.15, -0.1) is 0 Å². The van der Waals surface area contributed by atoms with Crippen molar-refractivity contribution in [2.75, 3.05) is 7.11 Å². The molecule has 0 saturated carbocycles. The third-order valence-electron chi connectivity index (χ3n) is 5.46. The molecule has 180 valence electrons.